The number of nitrogens with two attached hydrogens (primary N) is 2. The van der Waals surface area contributed by atoms with E-state index in [1.807, 2.05) is 30.3 Å². The molecule has 1 amide bonds. The SMILES string of the molecule is NC(N)c1ccc(C(NC(=O)c2ccccc2Oc2ccccc2)P(=O)(Oc2ccccc2)Oc2ccccc2)cc1. The van der Waals surface area contributed by atoms with Crippen molar-refractivity contribution in [3.63, 3.8) is 0 Å². The molecule has 0 saturated carbocycles. The summed E-state index contributed by atoms with van der Waals surface area (Å²) in [6, 6.07) is 40.0. The first-order valence-corrected chi connectivity index (χ1v) is 14.9. The molecule has 1 atom stereocenters. The monoisotopic (exact) mass is 579 g/mol. The van der Waals surface area contributed by atoms with Gasteiger partial charge in [0, 0.05) is 0 Å². The fourth-order valence-electron chi connectivity index (χ4n) is 4.19. The molecular weight excluding hydrogens is 549 g/mol. The van der Waals surface area contributed by atoms with Crippen LogP contribution in [0.15, 0.2) is 140 Å². The van der Waals surface area contributed by atoms with E-state index >= 15 is 0 Å². The summed E-state index contributed by atoms with van der Waals surface area (Å²) in [7, 11) is -4.23. The van der Waals surface area contributed by atoms with Crippen LogP contribution in [0.3, 0.4) is 0 Å². The highest BCUT2D eigenvalue weighted by molar-refractivity contribution is 7.55. The summed E-state index contributed by atoms with van der Waals surface area (Å²) in [4.78, 5) is 13.9. The first-order chi connectivity index (χ1) is 20.4. The predicted molar refractivity (Wildman–Crippen MR) is 162 cm³/mol. The molecule has 5 aromatic carbocycles. The quantitative estimate of drug-likeness (QED) is 0.112. The van der Waals surface area contributed by atoms with Gasteiger partial charge in [-0.1, -0.05) is 91.0 Å². The highest BCUT2D eigenvalue weighted by Gasteiger charge is 2.42. The Hall–Kier alpha value is -4.88. The van der Waals surface area contributed by atoms with Crippen LogP contribution in [-0.4, -0.2) is 5.91 Å². The predicted octanol–water partition coefficient (Wildman–Crippen LogP) is 7.17. The zero-order chi connectivity index (χ0) is 29.4. The molecule has 5 N–H and O–H groups in total. The van der Waals surface area contributed by atoms with Crippen LogP contribution in [0.25, 0.3) is 0 Å². The molecule has 0 aliphatic rings. The van der Waals surface area contributed by atoms with E-state index in [1.54, 1.807) is 109 Å². The second kappa shape index (κ2) is 13.2. The summed E-state index contributed by atoms with van der Waals surface area (Å²) in [6.45, 7) is 0. The summed E-state index contributed by atoms with van der Waals surface area (Å²) in [5.41, 5.74) is 13.1. The van der Waals surface area contributed by atoms with Crippen molar-refractivity contribution in [1.29, 1.82) is 0 Å². The summed E-state index contributed by atoms with van der Waals surface area (Å²) < 4.78 is 33.1. The lowest BCUT2D eigenvalue weighted by molar-refractivity contribution is 0.0941. The van der Waals surface area contributed by atoms with Gasteiger partial charge in [0.2, 0.25) is 0 Å². The largest absolute Gasteiger partial charge is 0.457 e. The van der Waals surface area contributed by atoms with Crippen molar-refractivity contribution in [3.05, 3.63) is 156 Å². The van der Waals surface area contributed by atoms with Crippen molar-refractivity contribution >= 4 is 13.5 Å². The van der Waals surface area contributed by atoms with E-state index in [2.05, 4.69) is 5.32 Å². The number of carbonyl (C=O) groups excluding carboxylic acids is 1. The summed E-state index contributed by atoms with van der Waals surface area (Å²) in [6.07, 6.45) is -0.706. The molecular formula is C33H30N3O5P. The molecule has 5 aromatic rings. The van der Waals surface area contributed by atoms with E-state index < -0.39 is 25.5 Å². The van der Waals surface area contributed by atoms with Gasteiger partial charge in [0.1, 0.15) is 23.0 Å². The number of nitrogens with one attached hydrogen (secondary N) is 1. The molecule has 0 saturated heterocycles. The number of hydrogen-bond donors (Lipinski definition) is 3. The van der Waals surface area contributed by atoms with E-state index in [9.17, 15) is 9.36 Å². The van der Waals surface area contributed by atoms with Gasteiger partial charge in [-0.05, 0) is 59.7 Å². The Kier molecular flexibility index (Phi) is 8.99. The smallest absolute Gasteiger partial charge is 0.457 e. The fraction of sp³-hybridized carbons (Fsp3) is 0.0606. The molecule has 0 bridgehead atoms. The van der Waals surface area contributed by atoms with Crippen LogP contribution in [0.2, 0.25) is 0 Å². The van der Waals surface area contributed by atoms with Crippen LogP contribution in [0.5, 0.6) is 23.0 Å². The Morgan fingerprint density at radius 2 is 1.05 bits per heavy atom. The number of rotatable bonds is 11. The number of hydrogen-bond acceptors (Lipinski definition) is 7. The average molecular weight is 580 g/mol. The molecule has 0 aromatic heterocycles. The second-order valence-corrected chi connectivity index (χ2v) is 11.3. The van der Waals surface area contributed by atoms with E-state index in [4.69, 9.17) is 25.3 Å². The lowest BCUT2D eigenvalue weighted by Crippen LogP contribution is -2.31. The zero-order valence-electron chi connectivity index (χ0n) is 22.6. The molecule has 0 aliphatic carbocycles. The standard InChI is InChI=1S/C33H30N3O5P/c34-31(35)24-20-22-25(23-21-24)33(36-32(37)29-18-10-11-19-30(29)39-26-12-4-1-5-13-26)42(38,40-27-14-6-2-7-15-27)41-28-16-8-3-9-17-28/h1-23,31,33H,34-35H2,(H,36,37). The van der Waals surface area contributed by atoms with Crippen molar-refractivity contribution in [2.24, 2.45) is 11.5 Å². The third-order valence-corrected chi connectivity index (χ3v) is 8.27. The molecule has 9 heteroatoms. The van der Waals surface area contributed by atoms with E-state index in [0.717, 1.165) is 0 Å². The van der Waals surface area contributed by atoms with Crippen molar-refractivity contribution in [2.45, 2.75) is 11.9 Å². The lowest BCUT2D eigenvalue weighted by Gasteiger charge is -2.29. The fourth-order valence-corrected chi connectivity index (χ4v) is 6.08. The van der Waals surface area contributed by atoms with Crippen molar-refractivity contribution < 1.29 is 23.1 Å². The maximum atomic E-state index is 14.9. The van der Waals surface area contributed by atoms with Gasteiger partial charge in [-0.25, -0.2) is 4.57 Å². The van der Waals surface area contributed by atoms with E-state index in [1.165, 1.54) is 0 Å². The number of ether oxygens (including phenoxy) is 1. The first kappa shape index (κ1) is 28.6. The number of benzene rings is 5. The molecule has 8 nitrogen and oxygen atoms in total. The average Bonchev–Trinajstić information content (AvgIpc) is 3.01. The molecule has 0 heterocycles. The van der Waals surface area contributed by atoms with Gasteiger partial charge in [0.25, 0.3) is 5.91 Å². The molecule has 0 spiro atoms. The number of amides is 1. The van der Waals surface area contributed by atoms with Crippen LogP contribution >= 0.6 is 7.60 Å². The third kappa shape index (κ3) is 7.06. The molecule has 42 heavy (non-hydrogen) atoms. The minimum absolute atomic E-state index is 0.234. The van der Waals surface area contributed by atoms with Crippen LogP contribution in [0, 0.1) is 0 Å². The normalized spacial score (nSPS) is 11.9. The number of carbonyl (C=O) groups is 1. The second-order valence-electron chi connectivity index (χ2n) is 9.33. The molecule has 0 fully saturated rings. The Balaban J connectivity index is 1.56. The van der Waals surface area contributed by atoms with Gasteiger partial charge in [-0.15, -0.1) is 0 Å². The van der Waals surface area contributed by atoms with Crippen molar-refractivity contribution in [3.8, 4) is 23.0 Å². The minimum atomic E-state index is -4.23. The van der Waals surface area contributed by atoms with Crippen molar-refractivity contribution in [1.82, 2.24) is 5.32 Å². The Morgan fingerprint density at radius 3 is 1.57 bits per heavy atom. The van der Waals surface area contributed by atoms with Gasteiger partial charge < -0.3 is 30.6 Å². The lowest BCUT2D eigenvalue weighted by atomic mass is 10.1. The van der Waals surface area contributed by atoms with Crippen LogP contribution < -0.4 is 30.6 Å². The summed E-state index contributed by atoms with van der Waals surface area (Å²) in [5.74, 6) is -0.271. The summed E-state index contributed by atoms with van der Waals surface area (Å²) in [5, 5.41) is 2.91. The Bertz CT molecular complexity index is 1600. The maximum absolute atomic E-state index is 14.9. The topological polar surface area (TPSA) is 126 Å². The van der Waals surface area contributed by atoms with E-state index in [-0.39, 0.29) is 5.56 Å². The third-order valence-electron chi connectivity index (χ3n) is 6.28. The molecule has 212 valence electrons. The highest BCUT2D eigenvalue weighted by atomic mass is 31.2. The molecule has 1 unspecified atom stereocenters. The van der Waals surface area contributed by atoms with Gasteiger partial charge in [0.15, 0.2) is 5.78 Å². The van der Waals surface area contributed by atoms with Gasteiger partial charge in [-0.2, -0.15) is 0 Å². The van der Waals surface area contributed by atoms with Crippen LogP contribution in [-0.2, 0) is 4.57 Å². The molecule has 5 rings (SSSR count). The van der Waals surface area contributed by atoms with Crippen LogP contribution in [0.1, 0.15) is 33.4 Å². The number of para-hydroxylation sites is 4. The van der Waals surface area contributed by atoms with Gasteiger partial charge in [-0.3, -0.25) is 4.79 Å². The Labute approximate surface area is 244 Å². The van der Waals surface area contributed by atoms with Gasteiger partial charge >= 0.3 is 7.60 Å². The van der Waals surface area contributed by atoms with Crippen molar-refractivity contribution in [2.75, 3.05) is 0 Å². The van der Waals surface area contributed by atoms with Crippen LogP contribution in [0.4, 0.5) is 0 Å². The molecule has 0 radical (unpaired) electrons. The Morgan fingerprint density at radius 1 is 0.595 bits per heavy atom. The maximum Gasteiger partial charge on any atom is 0.457 e. The minimum Gasteiger partial charge on any atom is -0.457 e. The molecule has 0 aliphatic heterocycles. The zero-order valence-corrected chi connectivity index (χ0v) is 23.5. The first-order valence-electron chi connectivity index (χ1n) is 13.2. The summed E-state index contributed by atoms with van der Waals surface area (Å²) >= 11 is 0. The van der Waals surface area contributed by atoms with Gasteiger partial charge in [0.05, 0.1) is 11.7 Å². The van der Waals surface area contributed by atoms with E-state index in [0.29, 0.717) is 34.1 Å². The highest BCUT2D eigenvalue weighted by Crippen LogP contribution is 2.59.